The minimum atomic E-state index is -3.95. The second-order valence-electron chi connectivity index (χ2n) is 7.31. The fourth-order valence-corrected chi connectivity index (χ4v) is 5.50. The Morgan fingerprint density at radius 1 is 0.618 bits per heavy atom. The van der Waals surface area contributed by atoms with Crippen molar-refractivity contribution in [2.45, 2.75) is 9.79 Å². The van der Waals surface area contributed by atoms with E-state index in [4.69, 9.17) is 9.47 Å². The monoisotopic (exact) mass is 498 g/mol. The number of hydrogen-bond donors (Lipinski definition) is 2. The Balaban J connectivity index is 1.54. The minimum absolute atomic E-state index is 0.0426. The molecule has 34 heavy (non-hydrogen) atoms. The van der Waals surface area contributed by atoms with E-state index in [1.807, 2.05) is 24.3 Å². The van der Waals surface area contributed by atoms with E-state index in [1.54, 1.807) is 24.3 Å². The number of fused-ring (bicyclic) bond motifs is 1. The molecule has 0 saturated heterocycles. The molecule has 176 valence electrons. The van der Waals surface area contributed by atoms with Crippen LogP contribution in [0.4, 0.5) is 11.4 Å². The zero-order valence-corrected chi connectivity index (χ0v) is 20.0. The first kappa shape index (κ1) is 23.4. The lowest BCUT2D eigenvalue weighted by Crippen LogP contribution is -2.15. The van der Waals surface area contributed by atoms with Gasteiger partial charge in [0, 0.05) is 11.8 Å². The number of methoxy groups -OCH3 is 2. The van der Waals surface area contributed by atoms with Crippen molar-refractivity contribution in [1.29, 1.82) is 0 Å². The van der Waals surface area contributed by atoms with Crippen LogP contribution in [0.1, 0.15) is 0 Å². The van der Waals surface area contributed by atoms with Crippen LogP contribution in [0.3, 0.4) is 0 Å². The van der Waals surface area contributed by atoms with Crippen molar-refractivity contribution < 1.29 is 26.3 Å². The predicted molar refractivity (Wildman–Crippen MR) is 132 cm³/mol. The molecule has 0 amide bonds. The SMILES string of the molecule is COc1ccc(NS(=O)(=O)c2ccc(NS(=O)(=O)c3ccc4ccccc4c3)cc2)c(OC)c1. The molecule has 0 aliphatic heterocycles. The molecule has 10 heteroatoms. The van der Waals surface area contributed by atoms with E-state index < -0.39 is 20.0 Å². The lowest BCUT2D eigenvalue weighted by Gasteiger charge is -2.13. The molecule has 4 rings (SSSR count). The predicted octanol–water partition coefficient (Wildman–Crippen LogP) is 4.46. The summed E-state index contributed by atoms with van der Waals surface area (Å²) in [6.07, 6.45) is 0. The molecule has 0 spiro atoms. The van der Waals surface area contributed by atoms with Crippen LogP contribution in [0.2, 0.25) is 0 Å². The van der Waals surface area contributed by atoms with Gasteiger partial charge in [0.05, 0.1) is 29.7 Å². The zero-order chi connectivity index (χ0) is 24.3. The number of ether oxygens (including phenoxy) is 2. The van der Waals surface area contributed by atoms with E-state index in [-0.39, 0.29) is 21.2 Å². The topological polar surface area (TPSA) is 111 Å². The van der Waals surface area contributed by atoms with Crippen LogP contribution in [0.25, 0.3) is 10.8 Å². The molecular formula is C24H22N2O6S2. The van der Waals surface area contributed by atoms with Gasteiger partial charge in [-0.2, -0.15) is 0 Å². The Hall–Kier alpha value is -3.76. The minimum Gasteiger partial charge on any atom is -0.497 e. The highest BCUT2D eigenvalue weighted by Gasteiger charge is 2.19. The summed E-state index contributed by atoms with van der Waals surface area (Å²) in [5.41, 5.74) is 0.471. The van der Waals surface area contributed by atoms with Crippen molar-refractivity contribution in [3.8, 4) is 11.5 Å². The highest BCUT2D eigenvalue weighted by molar-refractivity contribution is 7.93. The van der Waals surface area contributed by atoms with Crippen molar-refractivity contribution in [3.63, 3.8) is 0 Å². The van der Waals surface area contributed by atoms with Gasteiger partial charge in [0.15, 0.2) is 0 Å². The Bertz CT molecular complexity index is 1550. The van der Waals surface area contributed by atoms with Crippen LogP contribution in [0.5, 0.6) is 11.5 Å². The molecule has 0 atom stereocenters. The summed E-state index contributed by atoms with van der Waals surface area (Å²) in [7, 11) is -4.90. The second-order valence-corrected chi connectivity index (χ2v) is 10.7. The molecule has 0 bridgehead atoms. The van der Waals surface area contributed by atoms with Gasteiger partial charge in [0.2, 0.25) is 0 Å². The van der Waals surface area contributed by atoms with Gasteiger partial charge in [-0.25, -0.2) is 16.8 Å². The third-order valence-electron chi connectivity index (χ3n) is 5.10. The van der Waals surface area contributed by atoms with Crippen LogP contribution >= 0.6 is 0 Å². The fraction of sp³-hybridized carbons (Fsp3) is 0.0833. The van der Waals surface area contributed by atoms with Gasteiger partial charge < -0.3 is 9.47 Å². The van der Waals surface area contributed by atoms with E-state index in [9.17, 15) is 16.8 Å². The summed E-state index contributed by atoms with van der Waals surface area (Å²) in [4.78, 5) is 0.0650. The summed E-state index contributed by atoms with van der Waals surface area (Å²) in [5.74, 6) is 0.811. The number of hydrogen-bond acceptors (Lipinski definition) is 6. The van der Waals surface area contributed by atoms with Crippen molar-refractivity contribution in [2.75, 3.05) is 23.7 Å². The van der Waals surface area contributed by atoms with Crippen LogP contribution in [0, 0.1) is 0 Å². The molecule has 4 aromatic carbocycles. The van der Waals surface area contributed by atoms with Gasteiger partial charge in [0.1, 0.15) is 11.5 Å². The summed E-state index contributed by atoms with van der Waals surface area (Å²) in [6.45, 7) is 0. The van der Waals surface area contributed by atoms with Gasteiger partial charge in [0.25, 0.3) is 20.0 Å². The largest absolute Gasteiger partial charge is 0.497 e. The van der Waals surface area contributed by atoms with Crippen molar-refractivity contribution in [2.24, 2.45) is 0 Å². The maximum Gasteiger partial charge on any atom is 0.262 e. The Morgan fingerprint density at radius 3 is 1.94 bits per heavy atom. The van der Waals surface area contributed by atoms with E-state index in [0.29, 0.717) is 11.5 Å². The maximum absolute atomic E-state index is 12.8. The molecular weight excluding hydrogens is 476 g/mol. The first-order valence-corrected chi connectivity index (χ1v) is 13.0. The molecule has 0 saturated carbocycles. The summed E-state index contributed by atoms with van der Waals surface area (Å²) in [6, 6.07) is 22.4. The highest BCUT2D eigenvalue weighted by Crippen LogP contribution is 2.31. The lowest BCUT2D eigenvalue weighted by atomic mass is 10.1. The second kappa shape index (κ2) is 9.24. The third-order valence-corrected chi connectivity index (χ3v) is 7.86. The van der Waals surface area contributed by atoms with Crippen molar-refractivity contribution in [3.05, 3.63) is 84.9 Å². The van der Waals surface area contributed by atoms with Gasteiger partial charge in [-0.3, -0.25) is 9.44 Å². The lowest BCUT2D eigenvalue weighted by molar-refractivity contribution is 0.395. The molecule has 0 radical (unpaired) electrons. The zero-order valence-electron chi connectivity index (χ0n) is 18.3. The molecule has 0 unspecified atom stereocenters. The molecule has 8 nitrogen and oxygen atoms in total. The smallest absolute Gasteiger partial charge is 0.262 e. The van der Waals surface area contributed by atoms with Crippen molar-refractivity contribution >= 4 is 42.2 Å². The summed E-state index contributed by atoms with van der Waals surface area (Å²) < 4.78 is 66.6. The summed E-state index contributed by atoms with van der Waals surface area (Å²) >= 11 is 0. The number of anilines is 2. The number of sulfonamides is 2. The van der Waals surface area contributed by atoms with Gasteiger partial charge in [-0.05, 0) is 59.3 Å². The van der Waals surface area contributed by atoms with E-state index in [2.05, 4.69) is 9.44 Å². The summed E-state index contributed by atoms with van der Waals surface area (Å²) in [5, 5.41) is 1.73. The average Bonchev–Trinajstić information content (AvgIpc) is 2.84. The fourth-order valence-electron chi connectivity index (χ4n) is 3.34. The molecule has 0 aliphatic rings. The van der Waals surface area contributed by atoms with Gasteiger partial charge >= 0.3 is 0 Å². The van der Waals surface area contributed by atoms with Crippen LogP contribution < -0.4 is 18.9 Å². The van der Waals surface area contributed by atoms with E-state index >= 15 is 0 Å². The van der Waals surface area contributed by atoms with E-state index in [0.717, 1.165) is 10.8 Å². The number of benzene rings is 4. The quantitative estimate of drug-likeness (QED) is 0.371. The third kappa shape index (κ3) is 4.92. The van der Waals surface area contributed by atoms with Gasteiger partial charge in [-0.1, -0.05) is 30.3 Å². The first-order valence-electron chi connectivity index (χ1n) is 10.1. The number of rotatable bonds is 8. The normalized spacial score (nSPS) is 11.7. The van der Waals surface area contributed by atoms with Crippen LogP contribution in [-0.2, 0) is 20.0 Å². The standard InChI is InChI=1S/C24H22N2O6S2/c1-31-20-10-14-23(24(16-20)32-2)26-33(27,28)21-12-8-19(9-13-21)25-34(29,30)22-11-7-17-5-3-4-6-18(17)15-22/h3-16,25-26H,1-2H3. The van der Waals surface area contributed by atoms with Crippen LogP contribution in [0.15, 0.2) is 94.7 Å². The number of nitrogens with one attached hydrogen (secondary N) is 2. The first-order chi connectivity index (χ1) is 16.2. The van der Waals surface area contributed by atoms with Gasteiger partial charge in [-0.15, -0.1) is 0 Å². The Labute approximate surface area is 198 Å². The van der Waals surface area contributed by atoms with E-state index in [1.165, 1.54) is 50.6 Å². The van der Waals surface area contributed by atoms with Crippen LogP contribution in [-0.4, -0.2) is 31.1 Å². The van der Waals surface area contributed by atoms with Crippen molar-refractivity contribution in [1.82, 2.24) is 0 Å². The molecule has 0 fully saturated rings. The molecule has 4 aromatic rings. The Morgan fingerprint density at radius 2 is 1.26 bits per heavy atom. The average molecular weight is 499 g/mol. The molecule has 0 heterocycles. The molecule has 0 aliphatic carbocycles. The molecule has 2 N–H and O–H groups in total. The highest BCUT2D eigenvalue weighted by atomic mass is 32.2. The molecule has 0 aromatic heterocycles. The maximum atomic E-state index is 12.8. The Kier molecular flexibility index (Phi) is 6.36.